The van der Waals surface area contributed by atoms with Crippen molar-refractivity contribution in [1.29, 1.82) is 0 Å². The Hall–Kier alpha value is -3.01. The van der Waals surface area contributed by atoms with E-state index in [0.29, 0.717) is 15.1 Å². The summed E-state index contributed by atoms with van der Waals surface area (Å²) in [7, 11) is -4.04. The Labute approximate surface area is 195 Å². The van der Waals surface area contributed by atoms with Crippen molar-refractivity contribution in [2.75, 3.05) is 0 Å². The minimum absolute atomic E-state index is 0.0579. The Bertz CT molecular complexity index is 1710. The monoisotopic (exact) mass is 526 g/mol. The van der Waals surface area contributed by atoms with Crippen LogP contribution in [-0.2, 0) is 10.1 Å². The number of aryl methyl sites for hydroxylation is 1. The average Bonchev–Trinajstić information content (AvgIpc) is 3.26. The third-order valence-corrected chi connectivity index (χ3v) is 7.62. The second-order valence-corrected chi connectivity index (χ2v) is 10.6. The molecule has 3 aromatic carbocycles. The molecular weight excluding hydrogens is 512 g/mol. The standard InChI is InChI=1S/C23H15BrN2O4S2/c1-14-6-9-17(10-7-14)32(28,29)30-20-11-8-16(24)12-15(20)13-21-22(27)26-19-5-3-2-4-18(19)25-23(26)31-21/h2-13H,1H3/b21-13+. The molecule has 0 aliphatic carbocycles. The molecule has 0 saturated carbocycles. The number of aromatic nitrogens is 2. The third kappa shape index (κ3) is 3.72. The molecule has 0 spiro atoms. The van der Waals surface area contributed by atoms with Crippen molar-refractivity contribution in [3.8, 4) is 5.75 Å². The summed E-state index contributed by atoms with van der Waals surface area (Å²) in [5, 5.41) is 0. The first kappa shape index (κ1) is 20.9. The number of hydrogen-bond acceptors (Lipinski definition) is 6. The summed E-state index contributed by atoms with van der Waals surface area (Å²) >= 11 is 4.64. The van der Waals surface area contributed by atoms with Gasteiger partial charge in [-0.2, -0.15) is 8.42 Å². The van der Waals surface area contributed by atoms with Crippen molar-refractivity contribution in [2.45, 2.75) is 11.8 Å². The van der Waals surface area contributed by atoms with Gasteiger partial charge in [-0.25, -0.2) is 9.38 Å². The Balaban J connectivity index is 1.63. The maximum atomic E-state index is 13.1. The molecular formula is C23H15BrN2O4S2. The van der Waals surface area contributed by atoms with Crippen LogP contribution in [0.4, 0.5) is 0 Å². The fourth-order valence-electron chi connectivity index (χ4n) is 3.33. The van der Waals surface area contributed by atoms with Crippen LogP contribution in [0.15, 0.2) is 80.9 Å². The largest absolute Gasteiger partial charge is 0.378 e. The summed E-state index contributed by atoms with van der Waals surface area (Å²) in [5.41, 5.74) is 2.67. The second kappa shape index (κ2) is 7.84. The Morgan fingerprint density at radius 1 is 1.06 bits per heavy atom. The smallest absolute Gasteiger partial charge is 0.339 e. The number of nitrogens with zero attached hydrogens (tertiary/aromatic N) is 2. The maximum absolute atomic E-state index is 13.1. The highest BCUT2D eigenvalue weighted by molar-refractivity contribution is 9.10. The van der Waals surface area contributed by atoms with Crippen molar-refractivity contribution in [3.63, 3.8) is 0 Å². The quantitative estimate of drug-likeness (QED) is 0.326. The summed E-state index contributed by atoms with van der Waals surface area (Å²) in [6, 6.07) is 18.8. The molecule has 0 aliphatic rings. The van der Waals surface area contributed by atoms with Crippen LogP contribution in [0.1, 0.15) is 11.1 Å². The van der Waals surface area contributed by atoms with E-state index >= 15 is 0 Å². The number of fused-ring (bicyclic) bond motifs is 3. The van der Waals surface area contributed by atoms with Gasteiger partial charge in [-0.1, -0.05) is 57.1 Å². The van der Waals surface area contributed by atoms with E-state index in [9.17, 15) is 13.2 Å². The third-order valence-electron chi connectivity index (χ3n) is 4.91. The van der Waals surface area contributed by atoms with Gasteiger partial charge in [0.05, 0.1) is 15.6 Å². The summed E-state index contributed by atoms with van der Waals surface area (Å²) in [4.78, 5) is 18.2. The molecule has 0 unspecified atom stereocenters. The first-order valence-corrected chi connectivity index (χ1v) is 12.6. The number of halogens is 1. The van der Waals surface area contributed by atoms with Gasteiger partial charge in [0.15, 0.2) is 4.96 Å². The molecule has 5 aromatic rings. The van der Waals surface area contributed by atoms with Crippen LogP contribution in [0.25, 0.3) is 22.1 Å². The molecule has 0 N–H and O–H groups in total. The van der Waals surface area contributed by atoms with Gasteiger partial charge in [0.25, 0.3) is 5.56 Å². The zero-order chi connectivity index (χ0) is 22.5. The molecule has 0 radical (unpaired) electrons. The lowest BCUT2D eigenvalue weighted by Gasteiger charge is -2.10. The summed E-state index contributed by atoms with van der Waals surface area (Å²) in [6.45, 7) is 1.88. The van der Waals surface area contributed by atoms with Gasteiger partial charge in [0, 0.05) is 10.0 Å². The fraction of sp³-hybridized carbons (Fsp3) is 0.0435. The first-order valence-electron chi connectivity index (χ1n) is 9.54. The van der Waals surface area contributed by atoms with Crippen LogP contribution in [0, 0.1) is 6.92 Å². The van der Waals surface area contributed by atoms with Gasteiger partial charge in [-0.15, -0.1) is 0 Å². The molecule has 5 rings (SSSR count). The molecule has 6 nitrogen and oxygen atoms in total. The van der Waals surface area contributed by atoms with Crippen LogP contribution >= 0.6 is 27.3 Å². The lowest BCUT2D eigenvalue weighted by Crippen LogP contribution is -2.22. The molecule has 2 aromatic heterocycles. The number of thiazole rings is 1. The van der Waals surface area contributed by atoms with Gasteiger partial charge in [-0.3, -0.25) is 4.79 Å². The molecule has 0 atom stereocenters. The number of rotatable bonds is 4. The summed E-state index contributed by atoms with van der Waals surface area (Å²) in [6.07, 6.45) is 1.63. The van der Waals surface area contributed by atoms with E-state index in [2.05, 4.69) is 20.9 Å². The summed E-state index contributed by atoms with van der Waals surface area (Å²) < 4.78 is 33.8. The first-order chi connectivity index (χ1) is 15.3. The lowest BCUT2D eigenvalue weighted by molar-refractivity contribution is 0.485. The lowest BCUT2D eigenvalue weighted by atomic mass is 10.2. The maximum Gasteiger partial charge on any atom is 0.339 e. The second-order valence-electron chi connectivity index (χ2n) is 7.17. The zero-order valence-corrected chi connectivity index (χ0v) is 19.9. The number of imidazole rings is 1. The molecule has 2 heterocycles. The number of benzene rings is 3. The van der Waals surface area contributed by atoms with Crippen molar-refractivity contribution in [1.82, 2.24) is 9.38 Å². The average molecular weight is 527 g/mol. The highest BCUT2D eigenvalue weighted by atomic mass is 79.9. The van der Waals surface area contributed by atoms with E-state index in [1.807, 2.05) is 31.2 Å². The fourth-order valence-corrected chi connectivity index (χ4v) is 5.64. The zero-order valence-electron chi connectivity index (χ0n) is 16.7. The van der Waals surface area contributed by atoms with Crippen LogP contribution < -0.4 is 14.3 Å². The van der Waals surface area contributed by atoms with Crippen LogP contribution in [-0.4, -0.2) is 17.8 Å². The van der Waals surface area contributed by atoms with Crippen molar-refractivity contribution >= 4 is 59.5 Å². The van der Waals surface area contributed by atoms with Crippen LogP contribution in [0.5, 0.6) is 5.75 Å². The normalized spacial score (nSPS) is 12.6. The minimum Gasteiger partial charge on any atom is -0.378 e. The molecule has 0 aliphatic heterocycles. The van der Waals surface area contributed by atoms with Crippen molar-refractivity contribution in [3.05, 3.63) is 97.2 Å². The molecule has 160 valence electrons. The summed E-state index contributed by atoms with van der Waals surface area (Å²) in [5.74, 6) is 0.129. The molecule has 9 heteroatoms. The Morgan fingerprint density at radius 3 is 2.59 bits per heavy atom. The van der Waals surface area contributed by atoms with E-state index in [1.165, 1.54) is 23.5 Å². The number of para-hydroxylation sites is 2. The van der Waals surface area contributed by atoms with E-state index in [4.69, 9.17) is 4.18 Å². The topological polar surface area (TPSA) is 77.7 Å². The highest BCUT2D eigenvalue weighted by Gasteiger charge is 2.19. The Kier molecular flexibility index (Phi) is 5.11. The van der Waals surface area contributed by atoms with Crippen LogP contribution in [0.2, 0.25) is 0 Å². The van der Waals surface area contributed by atoms with Gasteiger partial charge >= 0.3 is 10.1 Å². The Morgan fingerprint density at radius 2 is 1.81 bits per heavy atom. The highest BCUT2D eigenvalue weighted by Crippen LogP contribution is 2.27. The number of hydrogen-bond donors (Lipinski definition) is 0. The van der Waals surface area contributed by atoms with E-state index in [1.54, 1.807) is 40.8 Å². The van der Waals surface area contributed by atoms with Crippen molar-refractivity contribution < 1.29 is 12.6 Å². The SMILES string of the molecule is Cc1ccc(S(=O)(=O)Oc2ccc(Br)cc2/C=c2/sc3nc4ccccc4n3c2=O)cc1. The minimum atomic E-state index is -4.04. The predicted octanol–water partition coefficient (Wildman–Crippen LogP) is 4.30. The predicted molar refractivity (Wildman–Crippen MR) is 129 cm³/mol. The molecule has 0 bridgehead atoms. The molecule has 0 amide bonds. The van der Waals surface area contributed by atoms with Gasteiger partial charge in [0.1, 0.15) is 10.6 Å². The molecule has 32 heavy (non-hydrogen) atoms. The van der Waals surface area contributed by atoms with Crippen molar-refractivity contribution in [2.24, 2.45) is 0 Å². The van der Waals surface area contributed by atoms with Gasteiger partial charge in [-0.05, 0) is 55.5 Å². The van der Waals surface area contributed by atoms with Crippen LogP contribution in [0.3, 0.4) is 0 Å². The molecule has 0 fully saturated rings. The van der Waals surface area contributed by atoms with Gasteiger partial charge in [0.2, 0.25) is 0 Å². The molecule has 0 saturated heterocycles. The van der Waals surface area contributed by atoms with E-state index < -0.39 is 10.1 Å². The van der Waals surface area contributed by atoms with E-state index in [0.717, 1.165) is 21.1 Å². The van der Waals surface area contributed by atoms with Gasteiger partial charge < -0.3 is 4.18 Å². The van der Waals surface area contributed by atoms with E-state index in [-0.39, 0.29) is 16.2 Å².